The molecule has 2 amide bonds. The highest BCUT2D eigenvalue weighted by atomic mass is 19.4. The summed E-state index contributed by atoms with van der Waals surface area (Å²) in [6, 6.07) is 7.56. The number of amides is 2. The molecule has 1 aliphatic rings. The van der Waals surface area contributed by atoms with Crippen LogP contribution in [0.3, 0.4) is 0 Å². The predicted molar refractivity (Wildman–Crippen MR) is 140 cm³/mol. The van der Waals surface area contributed by atoms with Crippen molar-refractivity contribution in [3.63, 3.8) is 0 Å². The number of carbonyl (C=O) groups excluding carboxylic acids is 2. The van der Waals surface area contributed by atoms with E-state index in [1.54, 1.807) is 40.9 Å². The number of piperazine rings is 1. The molecule has 0 spiro atoms. The average molecular weight is 555 g/mol. The lowest BCUT2D eigenvalue weighted by Gasteiger charge is -2.36. The Morgan fingerprint density at radius 3 is 2.35 bits per heavy atom. The molecule has 11 nitrogen and oxygen atoms in total. The maximum absolute atomic E-state index is 13.7. The molecule has 5 rings (SSSR count). The number of carbonyl (C=O) groups is 2. The van der Waals surface area contributed by atoms with Gasteiger partial charge < -0.3 is 19.7 Å². The number of rotatable bonds is 5. The van der Waals surface area contributed by atoms with Crippen LogP contribution in [0.5, 0.6) is 0 Å². The monoisotopic (exact) mass is 554 g/mol. The molecule has 1 saturated heterocycles. The molecule has 3 aromatic heterocycles. The molecule has 0 bridgehead atoms. The summed E-state index contributed by atoms with van der Waals surface area (Å²) in [7, 11) is 0. The van der Waals surface area contributed by atoms with Gasteiger partial charge in [0.2, 0.25) is 17.6 Å². The van der Waals surface area contributed by atoms with Crippen LogP contribution in [-0.4, -0.2) is 67.0 Å². The molecule has 1 N–H and O–H groups in total. The zero-order chi connectivity index (χ0) is 28.6. The van der Waals surface area contributed by atoms with Crippen LogP contribution in [0, 0.1) is 6.92 Å². The van der Waals surface area contributed by atoms with Crippen molar-refractivity contribution >= 4 is 29.0 Å². The number of alkyl halides is 3. The third kappa shape index (κ3) is 5.24. The molecule has 0 saturated carbocycles. The summed E-state index contributed by atoms with van der Waals surface area (Å²) in [5.41, 5.74) is 0.281. The first-order valence-corrected chi connectivity index (χ1v) is 12.4. The number of halogens is 3. The summed E-state index contributed by atoms with van der Waals surface area (Å²) in [6.07, 6.45) is -1.35. The van der Waals surface area contributed by atoms with E-state index >= 15 is 0 Å². The van der Waals surface area contributed by atoms with Crippen LogP contribution in [0.25, 0.3) is 17.2 Å². The van der Waals surface area contributed by atoms with Gasteiger partial charge in [0.1, 0.15) is 12.2 Å². The molecule has 0 atom stereocenters. The van der Waals surface area contributed by atoms with Gasteiger partial charge in [0, 0.05) is 62.4 Å². The van der Waals surface area contributed by atoms with E-state index in [-0.39, 0.29) is 29.7 Å². The average Bonchev–Trinajstić information content (AvgIpc) is 3.38. The molecule has 4 aromatic rings. The largest absolute Gasteiger partial charge is 0.416 e. The van der Waals surface area contributed by atoms with E-state index in [1.165, 1.54) is 19.1 Å². The van der Waals surface area contributed by atoms with Crippen LogP contribution >= 0.6 is 0 Å². The smallest absolute Gasteiger partial charge is 0.362 e. The number of anilines is 2. The second-order valence-corrected chi connectivity index (χ2v) is 9.33. The molecule has 0 aliphatic carbocycles. The Morgan fingerprint density at radius 1 is 1.05 bits per heavy atom. The van der Waals surface area contributed by atoms with Crippen LogP contribution in [-0.2, 0) is 22.3 Å². The van der Waals surface area contributed by atoms with Crippen LogP contribution in [0.2, 0.25) is 0 Å². The molecule has 0 radical (unpaired) electrons. The summed E-state index contributed by atoms with van der Waals surface area (Å²) in [6.45, 7) is 4.56. The van der Waals surface area contributed by atoms with Crippen molar-refractivity contribution in [3.8, 4) is 11.4 Å². The summed E-state index contributed by atoms with van der Waals surface area (Å²) in [4.78, 5) is 50.7. The second-order valence-electron chi connectivity index (χ2n) is 9.33. The Kier molecular flexibility index (Phi) is 7.00. The van der Waals surface area contributed by atoms with E-state index in [1.807, 2.05) is 4.90 Å². The van der Waals surface area contributed by atoms with Gasteiger partial charge in [-0.2, -0.15) is 22.7 Å². The molecule has 208 valence electrons. The van der Waals surface area contributed by atoms with Gasteiger partial charge in [0.15, 0.2) is 5.82 Å². The molecule has 1 aromatic carbocycles. The fourth-order valence-corrected chi connectivity index (χ4v) is 4.65. The van der Waals surface area contributed by atoms with E-state index < -0.39 is 23.2 Å². The van der Waals surface area contributed by atoms with Crippen molar-refractivity contribution in [3.05, 3.63) is 70.4 Å². The molecule has 14 heteroatoms. The number of nitrogens with zero attached hydrogens (tertiary/aromatic N) is 7. The Balaban J connectivity index is 1.52. The van der Waals surface area contributed by atoms with E-state index in [0.717, 1.165) is 16.6 Å². The number of aromatic nitrogens is 5. The topological polar surface area (TPSA) is 118 Å². The molecule has 4 heterocycles. The summed E-state index contributed by atoms with van der Waals surface area (Å²) in [5.74, 6) is -0.233. The quantitative estimate of drug-likeness (QED) is 0.403. The highest BCUT2D eigenvalue weighted by molar-refractivity contribution is 5.91. The van der Waals surface area contributed by atoms with Gasteiger partial charge in [-0.1, -0.05) is 0 Å². The van der Waals surface area contributed by atoms with Gasteiger partial charge in [-0.05, 0) is 43.3 Å². The van der Waals surface area contributed by atoms with E-state index in [4.69, 9.17) is 0 Å². The number of nitrogens with one attached hydrogen (secondary N) is 1. The van der Waals surface area contributed by atoms with Gasteiger partial charge in [0.05, 0.1) is 5.56 Å². The normalized spacial score (nSPS) is 14.0. The van der Waals surface area contributed by atoms with Crippen LogP contribution in [0.1, 0.15) is 18.2 Å². The highest BCUT2D eigenvalue weighted by Crippen LogP contribution is 2.30. The van der Waals surface area contributed by atoms with E-state index in [9.17, 15) is 27.6 Å². The molecular formula is C26H25F3N8O3. The zero-order valence-electron chi connectivity index (χ0n) is 21.6. The van der Waals surface area contributed by atoms with Crippen LogP contribution in [0.15, 0.2) is 53.6 Å². The number of fused-ring (bicyclic) bond motifs is 1. The van der Waals surface area contributed by atoms with Gasteiger partial charge in [0.25, 0.3) is 5.56 Å². The Hall–Kier alpha value is -4.75. The maximum Gasteiger partial charge on any atom is 0.416 e. The van der Waals surface area contributed by atoms with Crippen molar-refractivity contribution in [2.45, 2.75) is 26.6 Å². The van der Waals surface area contributed by atoms with Gasteiger partial charge >= 0.3 is 6.18 Å². The van der Waals surface area contributed by atoms with Crippen LogP contribution in [0.4, 0.5) is 24.5 Å². The Labute approximate surface area is 225 Å². The first kappa shape index (κ1) is 26.8. The number of pyridine rings is 1. The first-order chi connectivity index (χ1) is 19.0. The lowest BCUT2D eigenvalue weighted by atomic mass is 10.2. The summed E-state index contributed by atoms with van der Waals surface area (Å²) >= 11 is 0. The summed E-state index contributed by atoms with van der Waals surface area (Å²) in [5, 5.41) is 7.01. The number of hydrogen-bond donors (Lipinski definition) is 1. The van der Waals surface area contributed by atoms with Gasteiger partial charge in [-0.15, -0.1) is 5.10 Å². The Bertz CT molecular complexity index is 1620. The van der Waals surface area contributed by atoms with E-state index in [2.05, 4.69) is 20.4 Å². The fourth-order valence-electron chi connectivity index (χ4n) is 4.65. The molecule has 1 aliphatic heterocycles. The molecular weight excluding hydrogens is 529 g/mol. The molecule has 40 heavy (non-hydrogen) atoms. The molecule has 0 unspecified atom stereocenters. The lowest BCUT2D eigenvalue weighted by molar-refractivity contribution is -0.137. The predicted octanol–water partition coefficient (Wildman–Crippen LogP) is 2.59. The zero-order valence-corrected chi connectivity index (χ0v) is 21.6. The minimum atomic E-state index is -4.49. The lowest BCUT2D eigenvalue weighted by Crippen LogP contribution is -2.50. The fraction of sp³-hybridized carbons (Fsp3) is 0.308. The summed E-state index contributed by atoms with van der Waals surface area (Å²) < 4.78 is 41.4. The minimum absolute atomic E-state index is 0.0541. The minimum Gasteiger partial charge on any atom is -0.362 e. The number of benzene rings is 1. The second kappa shape index (κ2) is 10.4. The Morgan fingerprint density at radius 2 is 1.75 bits per heavy atom. The van der Waals surface area contributed by atoms with E-state index in [0.29, 0.717) is 43.1 Å². The highest BCUT2D eigenvalue weighted by Gasteiger charge is 2.30. The number of hydrogen-bond acceptors (Lipinski definition) is 7. The SMILES string of the molecule is CC(=O)N1CCN(c2c(C)n(CC(=O)Nc3ccc(C(F)(F)F)cc3)c3nc(-c4cccnc4)nn3c2=O)CC1. The van der Waals surface area contributed by atoms with Crippen molar-refractivity contribution in [1.82, 2.24) is 29.0 Å². The van der Waals surface area contributed by atoms with Crippen molar-refractivity contribution < 1.29 is 22.8 Å². The standard InChI is InChI=1S/C26H25F3N8O3/c1-16-22(35-12-10-34(11-13-35)17(2)38)24(40)37-25(32-23(33-37)18-4-3-9-30-14-18)36(16)15-21(39)31-20-7-5-19(6-8-20)26(27,28)29/h3-9,14H,10-13,15H2,1-2H3,(H,31,39). The van der Waals surface area contributed by atoms with Crippen molar-refractivity contribution in [2.75, 3.05) is 36.4 Å². The third-order valence-electron chi connectivity index (χ3n) is 6.73. The van der Waals surface area contributed by atoms with Crippen LogP contribution < -0.4 is 15.8 Å². The third-order valence-corrected chi connectivity index (χ3v) is 6.73. The molecule has 1 fully saturated rings. The first-order valence-electron chi connectivity index (χ1n) is 12.4. The van der Waals surface area contributed by atoms with Crippen molar-refractivity contribution in [2.24, 2.45) is 0 Å². The van der Waals surface area contributed by atoms with Crippen molar-refractivity contribution in [1.29, 1.82) is 0 Å². The maximum atomic E-state index is 13.7. The van der Waals surface area contributed by atoms with Gasteiger partial charge in [-0.3, -0.25) is 19.4 Å². The van der Waals surface area contributed by atoms with Gasteiger partial charge in [-0.25, -0.2) is 0 Å².